The van der Waals surface area contributed by atoms with Gasteiger partial charge in [0.1, 0.15) is 0 Å². The van der Waals surface area contributed by atoms with Gasteiger partial charge in [-0.25, -0.2) is 20.8 Å². The highest BCUT2D eigenvalue weighted by Crippen LogP contribution is 2.25. The molecule has 0 saturated heterocycles. The molecule has 4 rings (SSSR count). The number of hydrazine groups is 1. The molecule has 9 nitrogen and oxygen atoms in total. The smallest absolute Gasteiger partial charge is 0.183 e. The van der Waals surface area contributed by atoms with Crippen molar-refractivity contribution in [2.45, 2.75) is 6.54 Å². The molecule has 4 aromatic rings. The summed E-state index contributed by atoms with van der Waals surface area (Å²) in [6, 6.07) is 13.7. The van der Waals surface area contributed by atoms with Crippen LogP contribution >= 0.6 is 0 Å². The molecule has 0 aliphatic heterocycles. The van der Waals surface area contributed by atoms with E-state index in [1.54, 1.807) is 31.8 Å². The van der Waals surface area contributed by atoms with Crippen LogP contribution in [0.4, 0.5) is 23.3 Å². The monoisotopic (exact) mass is 388 g/mol. The lowest BCUT2D eigenvalue weighted by molar-refractivity contribution is 0.415. The van der Waals surface area contributed by atoms with E-state index in [4.69, 9.17) is 10.6 Å². The maximum atomic E-state index is 5.59. The number of nitrogens with two attached hydrogens (primary N) is 1. The summed E-state index contributed by atoms with van der Waals surface area (Å²) in [5.41, 5.74) is 4.60. The molecule has 0 radical (unpaired) electrons. The van der Waals surface area contributed by atoms with Crippen LogP contribution in [0.5, 0.6) is 5.75 Å². The number of nitrogen functional groups attached to an aromatic ring is 1. The first-order valence-electron chi connectivity index (χ1n) is 8.94. The lowest BCUT2D eigenvalue weighted by atomic mass is 10.1. The number of hydrogen-bond acceptors (Lipinski definition) is 9. The zero-order valence-corrected chi connectivity index (χ0v) is 15.8. The largest absolute Gasteiger partial charge is 0.493 e. The molecule has 3 heterocycles. The van der Waals surface area contributed by atoms with E-state index >= 15 is 0 Å². The van der Waals surface area contributed by atoms with E-state index in [-0.39, 0.29) is 0 Å². The highest BCUT2D eigenvalue weighted by molar-refractivity contribution is 5.79. The zero-order chi connectivity index (χ0) is 20.1. The maximum Gasteiger partial charge on any atom is 0.183 e. The Morgan fingerprint density at radius 2 is 1.83 bits per heavy atom. The van der Waals surface area contributed by atoms with Gasteiger partial charge in [0.05, 0.1) is 18.8 Å². The molecule has 0 aliphatic rings. The summed E-state index contributed by atoms with van der Waals surface area (Å²) < 4.78 is 5.31. The first kappa shape index (κ1) is 18.4. The molecule has 0 fully saturated rings. The maximum absolute atomic E-state index is 5.59. The Balaban J connectivity index is 1.54. The first-order chi connectivity index (χ1) is 14.3. The third-order valence-corrected chi connectivity index (χ3v) is 4.27. The SMILES string of the molecule is COc1cccnc1Nc1cnc(NN)c(NCc2ccc3ncccc3c2)n1. The Morgan fingerprint density at radius 1 is 0.966 bits per heavy atom. The standard InChI is InChI=1S/C20H20N8O/c1-29-16-5-3-9-23-18(16)26-17-12-25-20(28-21)19(27-17)24-11-13-6-7-15-14(10-13)4-2-8-22-15/h2-10,12H,11,21H2,1H3,(H,25,28)(H2,23,24,26,27). The highest BCUT2D eigenvalue weighted by atomic mass is 16.5. The third-order valence-electron chi connectivity index (χ3n) is 4.27. The highest BCUT2D eigenvalue weighted by Gasteiger charge is 2.10. The molecular weight excluding hydrogens is 368 g/mol. The second-order valence-electron chi connectivity index (χ2n) is 6.16. The molecule has 3 aromatic heterocycles. The number of anilines is 4. The molecule has 0 bridgehead atoms. The van der Waals surface area contributed by atoms with Gasteiger partial charge in [0.25, 0.3) is 0 Å². The molecule has 29 heavy (non-hydrogen) atoms. The number of rotatable bonds is 7. The Morgan fingerprint density at radius 3 is 2.69 bits per heavy atom. The van der Waals surface area contributed by atoms with Crippen LogP contribution in [0.2, 0.25) is 0 Å². The minimum absolute atomic E-state index is 0.436. The van der Waals surface area contributed by atoms with Crippen molar-refractivity contribution < 1.29 is 4.74 Å². The number of nitrogens with zero attached hydrogens (tertiary/aromatic N) is 4. The van der Waals surface area contributed by atoms with E-state index in [2.05, 4.69) is 42.1 Å². The summed E-state index contributed by atoms with van der Waals surface area (Å²) in [5.74, 6) is 8.20. The second-order valence-corrected chi connectivity index (χ2v) is 6.16. The van der Waals surface area contributed by atoms with Gasteiger partial charge >= 0.3 is 0 Å². The summed E-state index contributed by atoms with van der Waals surface area (Å²) >= 11 is 0. The van der Waals surface area contributed by atoms with E-state index < -0.39 is 0 Å². The van der Waals surface area contributed by atoms with Gasteiger partial charge in [-0.3, -0.25) is 4.98 Å². The second kappa shape index (κ2) is 8.36. The molecule has 0 spiro atoms. The summed E-state index contributed by atoms with van der Waals surface area (Å²) in [6.45, 7) is 0.546. The Labute approximate surface area is 167 Å². The van der Waals surface area contributed by atoms with Crippen molar-refractivity contribution in [3.8, 4) is 5.75 Å². The molecule has 1 aromatic carbocycles. The molecule has 5 N–H and O–H groups in total. The number of ether oxygens (including phenoxy) is 1. The number of pyridine rings is 2. The molecule has 146 valence electrons. The third kappa shape index (κ3) is 4.14. The van der Waals surface area contributed by atoms with Crippen molar-refractivity contribution in [3.63, 3.8) is 0 Å². The van der Waals surface area contributed by atoms with Crippen LogP contribution in [0.3, 0.4) is 0 Å². The molecular formula is C20H20N8O. The molecule has 0 aliphatic carbocycles. The Kier molecular flexibility index (Phi) is 5.30. The van der Waals surface area contributed by atoms with Gasteiger partial charge in [-0.2, -0.15) is 0 Å². The van der Waals surface area contributed by atoms with Crippen molar-refractivity contribution in [2.24, 2.45) is 5.84 Å². The number of benzene rings is 1. The van der Waals surface area contributed by atoms with Gasteiger partial charge < -0.3 is 20.8 Å². The van der Waals surface area contributed by atoms with Crippen LogP contribution in [-0.4, -0.2) is 27.0 Å². The summed E-state index contributed by atoms with van der Waals surface area (Å²) in [6.07, 6.45) is 5.02. The van der Waals surface area contributed by atoms with Crippen molar-refractivity contribution >= 4 is 34.2 Å². The Hall–Kier alpha value is -3.98. The lowest BCUT2D eigenvalue weighted by Gasteiger charge is -2.13. The summed E-state index contributed by atoms with van der Waals surface area (Å²) in [4.78, 5) is 17.5. The van der Waals surface area contributed by atoms with Gasteiger partial charge in [0.2, 0.25) is 0 Å². The molecule has 0 unspecified atom stereocenters. The molecule has 0 saturated carbocycles. The van der Waals surface area contributed by atoms with Gasteiger partial charge in [0, 0.05) is 24.3 Å². The number of hydrogen-bond donors (Lipinski definition) is 4. The fourth-order valence-electron chi connectivity index (χ4n) is 2.87. The van der Waals surface area contributed by atoms with E-state index in [9.17, 15) is 0 Å². The van der Waals surface area contributed by atoms with Gasteiger partial charge in [-0.05, 0) is 35.9 Å². The zero-order valence-electron chi connectivity index (χ0n) is 15.8. The summed E-state index contributed by atoms with van der Waals surface area (Å²) in [7, 11) is 1.58. The minimum Gasteiger partial charge on any atom is -0.493 e. The predicted octanol–water partition coefficient (Wildman–Crippen LogP) is 3.07. The van der Waals surface area contributed by atoms with Crippen molar-refractivity contribution in [1.29, 1.82) is 0 Å². The van der Waals surface area contributed by atoms with Crippen molar-refractivity contribution in [2.75, 3.05) is 23.2 Å². The predicted molar refractivity (Wildman–Crippen MR) is 113 cm³/mol. The van der Waals surface area contributed by atoms with Gasteiger partial charge in [-0.15, -0.1) is 0 Å². The van der Waals surface area contributed by atoms with E-state index in [0.717, 1.165) is 16.5 Å². The van der Waals surface area contributed by atoms with E-state index in [1.807, 2.05) is 30.3 Å². The van der Waals surface area contributed by atoms with Crippen molar-refractivity contribution in [1.82, 2.24) is 19.9 Å². The number of methoxy groups -OCH3 is 1. The topological polar surface area (TPSA) is 123 Å². The lowest BCUT2D eigenvalue weighted by Crippen LogP contribution is -2.14. The number of aromatic nitrogens is 4. The van der Waals surface area contributed by atoms with Gasteiger partial charge in [0.15, 0.2) is 29.0 Å². The van der Waals surface area contributed by atoms with Gasteiger partial charge in [-0.1, -0.05) is 12.1 Å². The molecule has 0 atom stereocenters. The quantitative estimate of drug-likeness (QED) is 0.279. The van der Waals surface area contributed by atoms with Crippen LogP contribution in [0, 0.1) is 0 Å². The van der Waals surface area contributed by atoms with Crippen LogP contribution in [-0.2, 0) is 6.54 Å². The van der Waals surface area contributed by atoms with Crippen molar-refractivity contribution in [3.05, 3.63) is 66.6 Å². The summed E-state index contributed by atoms with van der Waals surface area (Å²) in [5, 5.41) is 7.46. The van der Waals surface area contributed by atoms with E-state index in [1.165, 1.54) is 0 Å². The number of fused-ring (bicyclic) bond motifs is 1. The fraction of sp³-hybridized carbons (Fsp3) is 0.100. The normalized spacial score (nSPS) is 10.6. The molecule has 9 heteroatoms. The van der Waals surface area contributed by atoms with Crippen LogP contribution in [0.25, 0.3) is 10.9 Å². The van der Waals surface area contributed by atoms with E-state index in [0.29, 0.717) is 35.6 Å². The molecule has 0 amide bonds. The minimum atomic E-state index is 0.436. The average Bonchev–Trinajstić information content (AvgIpc) is 2.78. The fourth-order valence-corrected chi connectivity index (χ4v) is 2.87. The first-order valence-corrected chi connectivity index (χ1v) is 8.94. The van der Waals surface area contributed by atoms with Crippen LogP contribution in [0.15, 0.2) is 61.1 Å². The van der Waals surface area contributed by atoms with Crippen LogP contribution in [0.1, 0.15) is 5.56 Å². The number of nitrogens with one attached hydrogen (secondary N) is 3. The van der Waals surface area contributed by atoms with Crippen LogP contribution < -0.4 is 26.6 Å². The average molecular weight is 388 g/mol. The Bertz CT molecular complexity index is 1130.